The van der Waals surface area contributed by atoms with Crippen LogP contribution in [-0.2, 0) is 11.8 Å². The lowest BCUT2D eigenvalue weighted by Crippen LogP contribution is -2.56. The summed E-state index contributed by atoms with van der Waals surface area (Å²) < 4.78 is 1.71. The highest BCUT2D eigenvalue weighted by Crippen LogP contribution is 2.19. The van der Waals surface area contributed by atoms with Gasteiger partial charge in [0.25, 0.3) is 5.91 Å². The summed E-state index contributed by atoms with van der Waals surface area (Å²) in [4.78, 5) is 32.4. The van der Waals surface area contributed by atoms with Crippen molar-refractivity contribution in [1.29, 1.82) is 0 Å². The van der Waals surface area contributed by atoms with Crippen LogP contribution in [0.1, 0.15) is 23.1 Å². The van der Waals surface area contributed by atoms with Gasteiger partial charge in [-0.1, -0.05) is 12.1 Å². The molecule has 1 fully saturated rings. The van der Waals surface area contributed by atoms with E-state index in [1.807, 2.05) is 26.1 Å². The first-order valence-electron chi connectivity index (χ1n) is 7.92. The summed E-state index contributed by atoms with van der Waals surface area (Å²) >= 11 is 0. The summed E-state index contributed by atoms with van der Waals surface area (Å²) in [5.74, 6) is 1.31. The van der Waals surface area contributed by atoms with Crippen molar-refractivity contribution in [1.82, 2.24) is 24.6 Å². The lowest BCUT2D eigenvalue weighted by Gasteiger charge is -2.37. The van der Waals surface area contributed by atoms with E-state index in [4.69, 9.17) is 0 Å². The van der Waals surface area contributed by atoms with E-state index in [0.717, 1.165) is 11.4 Å². The van der Waals surface area contributed by atoms with Gasteiger partial charge in [0.15, 0.2) is 5.82 Å². The maximum Gasteiger partial charge on any atom is 0.254 e. The molecule has 0 aliphatic carbocycles. The molecule has 0 N–H and O–H groups in total. The minimum atomic E-state index is -0.434. The molecule has 1 aliphatic heterocycles. The second-order valence-electron chi connectivity index (χ2n) is 6.12. The zero-order valence-corrected chi connectivity index (χ0v) is 14.4. The monoisotopic (exact) mass is 327 g/mol. The zero-order valence-electron chi connectivity index (χ0n) is 14.4. The number of benzene rings is 1. The van der Waals surface area contributed by atoms with Crippen molar-refractivity contribution in [3.8, 4) is 11.4 Å². The van der Waals surface area contributed by atoms with Crippen molar-refractivity contribution in [2.45, 2.75) is 19.9 Å². The van der Waals surface area contributed by atoms with Crippen LogP contribution in [-0.4, -0.2) is 62.6 Å². The summed E-state index contributed by atoms with van der Waals surface area (Å²) in [6, 6.07) is 6.77. The van der Waals surface area contributed by atoms with Crippen LogP contribution in [0.2, 0.25) is 0 Å². The molecule has 7 nitrogen and oxygen atoms in total. The number of carbonyl (C=O) groups is 2. The fourth-order valence-corrected chi connectivity index (χ4v) is 2.80. The molecule has 24 heavy (non-hydrogen) atoms. The van der Waals surface area contributed by atoms with Gasteiger partial charge in [-0.3, -0.25) is 14.3 Å². The van der Waals surface area contributed by atoms with Crippen LogP contribution in [0.3, 0.4) is 0 Å². The molecule has 0 bridgehead atoms. The third-order valence-electron chi connectivity index (χ3n) is 4.51. The topological polar surface area (TPSA) is 71.3 Å². The van der Waals surface area contributed by atoms with Gasteiger partial charge in [-0.05, 0) is 26.0 Å². The van der Waals surface area contributed by atoms with Gasteiger partial charge in [-0.15, -0.1) is 0 Å². The van der Waals surface area contributed by atoms with Gasteiger partial charge in [0.2, 0.25) is 5.91 Å². The molecule has 3 rings (SSSR count). The molecule has 2 aromatic rings. The van der Waals surface area contributed by atoms with E-state index >= 15 is 0 Å². The summed E-state index contributed by atoms with van der Waals surface area (Å²) in [6.45, 7) is 4.76. The first-order chi connectivity index (χ1) is 11.4. The van der Waals surface area contributed by atoms with Gasteiger partial charge >= 0.3 is 0 Å². The average molecular weight is 327 g/mol. The summed E-state index contributed by atoms with van der Waals surface area (Å²) in [7, 11) is 3.60. The third kappa shape index (κ3) is 2.77. The molecule has 126 valence electrons. The Morgan fingerprint density at radius 3 is 2.42 bits per heavy atom. The van der Waals surface area contributed by atoms with Crippen LogP contribution < -0.4 is 0 Å². The second kappa shape index (κ2) is 6.07. The van der Waals surface area contributed by atoms with Crippen LogP contribution in [0, 0.1) is 6.92 Å². The van der Waals surface area contributed by atoms with E-state index in [9.17, 15) is 9.59 Å². The Balaban J connectivity index is 1.80. The Morgan fingerprint density at radius 2 is 1.83 bits per heavy atom. The Hall–Kier alpha value is -2.70. The maximum atomic E-state index is 12.7. The van der Waals surface area contributed by atoms with Crippen molar-refractivity contribution in [2.75, 3.05) is 20.1 Å². The zero-order chi connectivity index (χ0) is 17.4. The number of nitrogens with zero attached hydrogens (tertiary/aromatic N) is 5. The van der Waals surface area contributed by atoms with Gasteiger partial charge in [0.05, 0.1) is 0 Å². The van der Waals surface area contributed by atoms with E-state index in [1.165, 1.54) is 0 Å². The van der Waals surface area contributed by atoms with Crippen molar-refractivity contribution >= 4 is 11.8 Å². The normalized spacial score (nSPS) is 18.2. The minimum Gasteiger partial charge on any atom is -0.342 e. The third-order valence-corrected chi connectivity index (χ3v) is 4.51. The van der Waals surface area contributed by atoms with E-state index < -0.39 is 6.04 Å². The maximum absolute atomic E-state index is 12.7. The van der Waals surface area contributed by atoms with Gasteiger partial charge in [-0.25, -0.2) is 4.98 Å². The second-order valence-corrected chi connectivity index (χ2v) is 6.12. The molecular weight excluding hydrogens is 306 g/mol. The highest BCUT2D eigenvalue weighted by atomic mass is 16.2. The largest absolute Gasteiger partial charge is 0.342 e. The predicted molar refractivity (Wildman–Crippen MR) is 89.3 cm³/mol. The summed E-state index contributed by atoms with van der Waals surface area (Å²) in [5, 5.41) is 4.34. The highest BCUT2D eigenvalue weighted by Gasteiger charge is 2.32. The number of aromatic nitrogens is 3. The van der Waals surface area contributed by atoms with Crippen LogP contribution >= 0.6 is 0 Å². The molecule has 1 aliphatic rings. The van der Waals surface area contributed by atoms with Crippen molar-refractivity contribution in [2.24, 2.45) is 7.05 Å². The number of hydrogen-bond donors (Lipinski definition) is 0. The minimum absolute atomic E-state index is 0.0284. The predicted octanol–water partition coefficient (Wildman–Crippen LogP) is 1.09. The molecular formula is C17H21N5O2. The molecule has 1 saturated heterocycles. The molecule has 0 saturated carbocycles. The van der Waals surface area contributed by atoms with Gasteiger partial charge in [0, 0.05) is 38.3 Å². The summed E-state index contributed by atoms with van der Waals surface area (Å²) in [5.41, 5.74) is 1.42. The van der Waals surface area contributed by atoms with Crippen LogP contribution in [0.25, 0.3) is 11.4 Å². The first kappa shape index (κ1) is 16.2. The number of amides is 2. The van der Waals surface area contributed by atoms with E-state index in [0.29, 0.717) is 24.5 Å². The van der Waals surface area contributed by atoms with Crippen LogP contribution in [0.15, 0.2) is 24.3 Å². The molecule has 0 spiro atoms. The highest BCUT2D eigenvalue weighted by molar-refractivity contribution is 5.98. The lowest BCUT2D eigenvalue weighted by atomic mass is 10.1. The molecule has 0 radical (unpaired) electrons. The van der Waals surface area contributed by atoms with E-state index in [1.54, 1.807) is 40.6 Å². The average Bonchev–Trinajstić information content (AvgIpc) is 2.91. The lowest BCUT2D eigenvalue weighted by molar-refractivity contribution is -0.137. The Labute approximate surface area is 140 Å². The SMILES string of the molecule is Cc1nc(-c2ccc(C(=O)N3CCN(C)C(=O)[C@@H]3C)cc2)nn1C. The Morgan fingerprint density at radius 1 is 1.17 bits per heavy atom. The molecule has 1 atom stereocenters. The smallest absolute Gasteiger partial charge is 0.254 e. The van der Waals surface area contributed by atoms with Crippen molar-refractivity contribution in [3.63, 3.8) is 0 Å². The number of hydrogen-bond acceptors (Lipinski definition) is 4. The van der Waals surface area contributed by atoms with Gasteiger partial charge in [0.1, 0.15) is 11.9 Å². The van der Waals surface area contributed by atoms with Gasteiger partial charge < -0.3 is 9.80 Å². The van der Waals surface area contributed by atoms with E-state index in [-0.39, 0.29) is 11.8 Å². The Kier molecular flexibility index (Phi) is 4.09. The van der Waals surface area contributed by atoms with Crippen molar-refractivity contribution < 1.29 is 9.59 Å². The van der Waals surface area contributed by atoms with Crippen LogP contribution in [0.4, 0.5) is 0 Å². The number of rotatable bonds is 2. The quantitative estimate of drug-likeness (QED) is 0.828. The number of piperazine rings is 1. The fraction of sp³-hybridized carbons (Fsp3) is 0.412. The summed E-state index contributed by atoms with van der Waals surface area (Å²) in [6.07, 6.45) is 0. The molecule has 1 aromatic carbocycles. The van der Waals surface area contributed by atoms with Gasteiger partial charge in [-0.2, -0.15) is 5.10 Å². The van der Waals surface area contributed by atoms with Crippen molar-refractivity contribution in [3.05, 3.63) is 35.7 Å². The number of carbonyl (C=O) groups excluding carboxylic acids is 2. The Bertz CT molecular complexity index is 761. The fourth-order valence-electron chi connectivity index (χ4n) is 2.80. The molecule has 0 unspecified atom stereocenters. The van der Waals surface area contributed by atoms with Crippen LogP contribution in [0.5, 0.6) is 0 Å². The first-order valence-corrected chi connectivity index (χ1v) is 7.92. The molecule has 2 heterocycles. The van der Waals surface area contributed by atoms with E-state index in [2.05, 4.69) is 10.1 Å². The number of likely N-dealkylation sites (N-methyl/N-ethyl adjacent to an activating group) is 1. The number of aryl methyl sites for hydroxylation is 2. The molecule has 1 aromatic heterocycles. The molecule has 2 amide bonds. The standard InChI is InChI=1S/C17H21N5O2/c1-11-16(23)20(3)9-10-22(11)17(24)14-7-5-13(6-8-14)15-18-12(2)21(4)19-15/h5-8,11H,9-10H2,1-4H3/t11-/m0/s1. The molecule has 7 heteroatoms.